The molecule has 2 amide bonds. The smallest absolute Gasteiger partial charge is 0.269 e. The Kier molecular flexibility index (Phi) is 5.11. The van der Waals surface area contributed by atoms with Gasteiger partial charge in [-0.1, -0.05) is 24.0 Å². The molecule has 9 nitrogen and oxygen atoms in total. The Morgan fingerprint density at radius 1 is 1.43 bits per heavy atom. The number of nitrogens with two attached hydrogens (primary N) is 1. The highest BCUT2D eigenvalue weighted by Gasteiger charge is 2.42. The number of aromatic nitrogens is 2. The first-order valence-corrected chi connectivity index (χ1v) is 9.48. The third-order valence-electron chi connectivity index (χ3n) is 5.06. The largest absolute Gasteiger partial charge is 0.377 e. The summed E-state index contributed by atoms with van der Waals surface area (Å²) in [5.41, 5.74) is 5.60. The topological polar surface area (TPSA) is 131 Å². The fourth-order valence-corrected chi connectivity index (χ4v) is 3.23. The number of hydrogen-bond donors (Lipinski definition) is 3. The molecule has 9 heteroatoms. The van der Waals surface area contributed by atoms with E-state index in [0.717, 1.165) is 0 Å². The molecule has 154 valence electrons. The van der Waals surface area contributed by atoms with Gasteiger partial charge >= 0.3 is 0 Å². The van der Waals surface area contributed by atoms with Crippen molar-refractivity contribution in [2.24, 2.45) is 5.73 Å². The average Bonchev–Trinajstić information content (AvgIpc) is 2.97. The van der Waals surface area contributed by atoms with Gasteiger partial charge in [0.15, 0.2) is 11.5 Å². The summed E-state index contributed by atoms with van der Waals surface area (Å²) in [6.07, 6.45) is 1.79. The van der Waals surface area contributed by atoms with Crippen molar-refractivity contribution in [3.8, 4) is 23.2 Å². The maximum absolute atomic E-state index is 12.1. The first kappa shape index (κ1) is 19.8. The van der Waals surface area contributed by atoms with Crippen LogP contribution < -0.4 is 11.1 Å². The van der Waals surface area contributed by atoms with E-state index in [4.69, 9.17) is 10.5 Å². The van der Waals surface area contributed by atoms with Gasteiger partial charge in [-0.25, -0.2) is 9.97 Å². The fourth-order valence-electron chi connectivity index (χ4n) is 3.23. The number of ether oxygens (including phenoxy) is 1. The number of likely N-dealkylation sites (tertiary alicyclic amines) is 1. The lowest BCUT2D eigenvalue weighted by atomic mass is 10.0. The molecule has 4 N–H and O–H groups in total. The van der Waals surface area contributed by atoms with Gasteiger partial charge in [-0.2, -0.15) is 0 Å². The van der Waals surface area contributed by atoms with Gasteiger partial charge < -0.3 is 25.8 Å². The Morgan fingerprint density at radius 3 is 2.87 bits per heavy atom. The van der Waals surface area contributed by atoms with Gasteiger partial charge in [-0.3, -0.25) is 9.59 Å². The second kappa shape index (κ2) is 7.74. The maximum Gasteiger partial charge on any atom is 0.269 e. The Labute approximate surface area is 173 Å². The Morgan fingerprint density at radius 2 is 2.23 bits per heavy atom. The van der Waals surface area contributed by atoms with Crippen molar-refractivity contribution in [3.05, 3.63) is 41.7 Å². The standard InChI is InChI=1S/C21H21N5O4/c1-26-8-7-21(29,20(26)28)6-5-13-3-2-4-14(9-13)19-23-10-16(17(25-19)18(22)27)24-15-11-30-12-15/h2-4,9-10,15,24,29H,7-8,11-12H2,1H3,(H2,22,27)/t21-/m0/s1. The van der Waals surface area contributed by atoms with E-state index in [0.29, 0.717) is 42.4 Å². The molecule has 0 saturated carbocycles. The summed E-state index contributed by atoms with van der Waals surface area (Å²) in [5, 5.41) is 13.6. The van der Waals surface area contributed by atoms with Gasteiger partial charge in [-0.05, 0) is 12.1 Å². The number of benzene rings is 1. The molecule has 0 spiro atoms. The third-order valence-corrected chi connectivity index (χ3v) is 5.06. The van der Waals surface area contributed by atoms with Gasteiger partial charge in [0, 0.05) is 31.1 Å². The highest BCUT2D eigenvalue weighted by molar-refractivity contribution is 5.96. The minimum absolute atomic E-state index is 0.0947. The summed E-state index contributed by atoms with van der Waals surface area (Å²) in [5.74, 6) is 4.79. The Bertz CT molecular complexity index is 1070. The van der Waals surface area contributed by atoms with Crippen molar-refractivity contribution >= 4 is 17.5 Å². The van der Waals surface area contributed by atoms with Crippen LogP contribution >= 0.6 is 0 Å². The number of nitrogens with one attached hydrogen (secondary N) is 1. The molecule has 0 bridgehead atoms. The first-order chi connectivity index (χ1) is 14.4. The zero-order valence-corrected chi connectivity index (χ0v) is 16.4. The van der Waals surface area contributed by atoms with Crippen LogP contribution in [0.4, 0.5) is 5.69 Å². The molecule has 4 rings (SSSR count). The molecule has 0 aliphatic carbocycles. The molecule has 1 atom stereocenters. The predicted molar refractivity (Wildman–Crippen MR) is 108 cm³/mol. The second-order valence-corrected chi connectivity index (χ2v) is 7.37. The lowest BCUT2D eigenvalue weighted by molar-refractivity contribution is -0.137. The van der Waals surface area contributed by atoms with Crippen LogP contribution in [0.1, 0.15) is 22.5 Å². The molecule has 0 unspecified atom stereocenters. The van der Waals surface area contributed by atoms with Crippen LogP contribution in [0.15, 0.2) is 30.5 Å². The van der Waals surface area contributed by atoms with Gasteiger partial charge in [0.05, 0.1) is 31.1 Å². The molecular weight excluding hydrogens is 386 g/mol. The predicted octanol–water partition coefficient (Wildman–Crippen LogP) is -0.00210. The first-order valence-electron chi connectivity index (χ1n) is 9.48. The molecule has 2 fully saturated rings. The van der Waals surface area contributed by atoms with Crippen LogP contribution in [0, 0.1) is 11.8 Å². The van der Waals surface area contributed by atoms with Gasteiger partial charge in [0.1, 0.15) is 0 Å². The summed E-state index contributed by atoms with van der Waals surface area (Å²) in [6.45, 7) is 1.55. The molecular formula is C21H21N5O4. The number of primary amides is 1. The van der Waals surface area contributed by atoms with E-state index in [1.165, 1.54) is 11.1 Å². The molecule has 2 aliphatic rings. The highest BCUT2D eigenvalue weighted by Crippen LogP contribution is 2.23. The summed E-state index contributed by atoms with van der Waals surface area (Å²) in [4.78, 5) is 34.1. The average molecular weight is 407 g/mol. The van der Waals surface area contributed by atoms with E-state index in [1.807, 2.05) is 0 Å². The molecule has 0 radical (unpaired) electrons. The number of anilines is 1. The number of likely N-dealkylation sites (N-methyl/N-ethyl adjacent to an activating group) is 1. The number of rotatable bonds is 4. The molecule has 30 heavy (non-hydrogen) atoms. The summed E-state index contributed by atoms with van der Waals surface area (Å²) >= 11 is 0. The zero-order chi connectivity index (χ0) is 21.3. The van der Waals surface area contributed by atoms with Gasteiger partial charge in [0.25, 0.3) is 11.8 Å². The number of carbonyl (C=O) groups is 2. The minimum Gasteiger partial charge on any atom is -0.377 e. The van der Waals surface area contributed by atoms with E-state index in [-0.39, 0.29) is 18.2 Å². The van der Waals surface area contributed by atoms with Crippen molar-refractivity contribution in [2.75, 3.05) is 32.1 Å². The van der Waals surface area contributed by atoms with Crippen LogP contribution in [0.25, 0.3) is 11.4 Å². The summed E-state index contributed by atoms with van der Waals surface area (Å²) in [7, 11) is 1.63. The molecule has 2 aliphatic heterocycles. The Balaban J connectivity index is 1.61. The van der Waals surface area contributed by atoms with Gasteiger partial charge in [-0.15, -0.1) is 0 Å². The molecule has 2 saturated heterocycles. The fraction of sp³-hybridized carbons (Fsp3) is 0.333. The van der Waals surface area contributed by atoms with Crippen molar-refractivity contribution in [1.29, 1.82) is 0 Å². The lowest BCUT2D eigenvalue weighted by Crippen LogP contribution is -2.41. The van der Waals surface area contributed by atoms with Gasteiger partial charge in [0.2, 0.25) is 5.60 Å². The highest BCUT2D eigenvalue weighted by atomic mass is 16.5. The van der Waals surface area contributed by atoms with Crippen molar-refractivity contribution in [2.45, 2.75) is 18.1 Å². The number of nitrogens with zero attached hydrogens (tertiary/aromatic N) is 3. The maximum atomic E-state index is 12.1. The minimum atomic E-state index is -1.67. The molecule has 1 aromatic carbocycles. The Hall–Kier alpha value is -3.48. The van der Waals surface area contributed by atoms with Crippen LogP contribution in [0.5, 0.6) is 0 Å². The zero-order valence-electron chi connectivity index (χ0n) is 16.4. The number of hydrogen-bond acceptors (Lipinski definition) is 7. The molecule has 3 heterocycles. The van der Waals surface area contributed by atoms with Crippen LogP contribution in [-0.4, -0.2) is 70.2 Å². The molecule has 1 aromatic heterocycles. The van der Waals surface area contributed by atoms with Crippen LogP contribution in [-0.2, 0) is 9.53 Å². The lowest BCUT2D eigenvalue weighted by Gasteiger charge is -2.28. The third kappa shape index (κ3) is 3.83. The van der Waals surface area contributed by atoms with E-state index >= 15 is 0 Å². The summed E-state index contributed by atoms with van der Waals surface area (Å²) < 4.78 is 5.12. The van der Waals surface area contributed by atoms with Crippen molar-refractivity contribution < 1.29 is 19.4 Å². The van der Waals surface area contributed by atoms with Crippen molar-refractivity contribution in [1.82, 2.24) is 14.9 Å². The van der Waals surface area contributed by atoms with E-state index < -0.39 is 17.4 Å². The monoisotopic (exact) mass is 407 g/mol. The summed E-state index contributed by atoms with van der Waals surface area (Å²) in [6, 6.07) is 7.12. The van der Waals surface area contributed by atoms with Crippen LogP contribution in [0.2, 0.25) is 0 Å². The SMILES string of the molecule is CN1CC[C@@](O)(C#Cc2cccc(-c3ncc(NC4COC4)c(C(N)=O)n3)c2)C1=O. The van der Waals surface area contributed by atoms with E-state index in [9.17, 15) is 14.7 Å². The second-order valence-electron chi connectivity index (χ2n) is 7.37. The normalized spacial score (nSPS) is 21.0. The number of amides is 2. The van der Waals surface area contributed by atoms with Crippen molar-refractivity contribution in [3.63, 3.8) is 0 Å². The number of aliphatic hydroxyl groups is 1. The quantitative estimate of drug-likeness (QED) is 0.608. The van der Waals surface area contributed by atoms with E-state index in [1.54, 1.807) is 31.3 Å². The molecule has 2 aromatic rings. The number of carbonyl (C=O) groups excluding carboxylic acids is 2. The van der Waals surface area contributed by atoms with E-state index in [2.05, 4.69) is 27.1 Å². The van der Waals surface area contributed by atoms with Crippen LogP contribution in [0.3, 0.4) is 0 Å².